The Hall–Kier alpha value is -2.85. The molecule has 1 aliphatic rings. The molecular weight excluding hydrogens is 368 g/mol. The van der Waals surface area contributed by atoms with Crippen LogP contribution in [0.1, 0.15) is 30.0 Å². The van der Waals surface area contributed by atoms with Gasteiger partial charge in [-0.1, -0.05) is 78.4 Å². The van der Waals surface area contributed by atoms with Gasteiger partial charge in [0.15, 0.2) is 5.60 Å². The molecule has 4 rings (SSSR count). The second-order valence-electron chi connectivity index (χ2n) is 7.13. The fourth-order valence-electron chi connectivity index (χ4n) is 3.75. The molecule has 0 fully saturated rings. The minimum atomic E-state index is -3.64. The molecule has 0 amide bonds. The maximum atomic E-state index is 13.4. The van der Waals surface area contributed by atoms with E-state index < -0.39 is 15.4 Å². The SMILES string of the molecule is CC1=C(S(=O)(=O)c2ccc(C)cc2)CC(c2ccccc2)(c2ccccc2)O1. The van der Waals surface area contributed by atoms with Crippen molar-refractivity contribution in [3.05, 3.63) is 112 Å². The Labute approximate surface area is 166 Å². The van der Waals surface area contributed by atoms with Crippen LogP contribution in [-0.4, -0.2) is 8.42 Å². The summed E-state index contributed by atoms with van der Waals surface area (Å²) < 4.78 is 33.1. The molecule has 3 aromatic rings. The summed E-state index contributed by atoms with van der Waals surface area (Å²) in [5.74, 6) is 0.452. The molecule has 0 unspecified atom stereocenters. The molecule has 1 heterocycles. The molecule has 0 aliphatic carbocycles. The Kier molecular flexibility index (Phi) is 4.60. The van der Waals surface area contributed by atoms with Gasteiger partial charge in [-0.2, -0.15) is 0 Å². The number of hydrogen-bond donors (Lipinski definition) is 0. The van der Waals surface area contributed by atoms with E-state index in [9.17, 15) is 8.42 Å². The van der Waals surface area contributed by atoms with Crippen molar-refractivity contribution in [3.8, 4) is 0 Å². The van der Waals surface area contributed by atoms with Gasteiger partial charge in [-0.15, -0.1) is 0 Å². The topological polar surface area (TPSA) is 43.4 Å². The van der Waals surface area contributed by atoms with Crippen LogP contribution >= 0.6 is 0 Å². The van der Waals surface area contributed by atoms with Crippen LogP contribution in [0.2, 0.25) is 0 Å². The minimum Gasteiger partial charge on any atom is -0.481 e. The maximum absolute atomic E-state index is 13.4. The standard InChI is InChI=1S/C24H22O3S/c1-18-13-15-22(16-14-18)28(25,26)23-17-24(27-19(23)2,20-9-5-3-6-10-20)21-11-7-4-8-12-21/h3-16H,17H2,1-2H3. The van der Waals surface area contributed by atoms with Gasteiger partial charge in [0.2, 0.25) is 9.84 Å². The monoisotopic (exact) mass is 390 g/mol. The number of hydrogen-bond acceptors (Lipinski definition) is 3. The van der Waals surface area contributed by atoms with E-state index in [1.807, 2.05) is 79.7 Å². The highest BCUT2D eigenvalue weighted by molar-refractivity contribution is 7.95. The van der Waals surface area contributed by atoms with E-state index in [0.717, 1.165) is 16.7 Å². The average molecular weight is 391 g/mol. The zero-order chi connectivity index (χ0) is 19.8. The van der Waals surface area contributed by atoms with Gasteiger partial charge in [0.25, 0.3) is 0 Å². The lowest BCUT2D eigenvalue weighted by Crippen LogP contribution is -2.27. The van der Waals surface area contributed by atoms with Gasteiger partial charge in [-0.05, 0) is 26.0 Å². The summed E-state index contributed by atoms with van der Waals surface area (Å²) in [6.07, 6.45) is 0.267. The van der Waals surface area contributed by atoms with Crippen molar-refractivity contribution in [2.24, 2.45) is 0 Å². The van der Waals surface area contributed by atoms with Gasteiger partial charge in [-0.3, -0.25) is 0 Å². The first-order valence-electron chi connectivity index (χ1n) is 9.25. The van der Waals surface area contributed by atoms with Crippen molar-refractivity contribution >= 4 is 9.84 Å². The van der Waals surface area contributed by atoms with Crippen LogP contribution in [-0.2, 0) is 20.2 Å². The fourth-order valence-corrected chi connectivity index (χ4v) is 5.34. The molecule has 0 radical (unpaired) electrons. The highest BCUT2D eigenvalue weighted by Gasteiger charge is 2.46. The van der Waals surface area contributed by atoms with Crippen LogP contribution in [0.25, 0.3) is 0 Å². The zero-order valence-corrected chi connectivity index (χ0v) is 16.7. The number of allylic oxidation sites excluding steroid dienone is 1. The smallest absolute Gasteiger partial charge is 0.206 e. The summed E-state index contributed by atoms with van der Waals surface area (Å²) >= 11 is 0. The first-order chi connectivity index (χ1) is 13.4. The molecule has 1 aliphatic heterocycles. The lowest BCUT2D eigenvalue weighted by molar-refractivity contribution is 0.0624. The highest BCUT2D eigenvalue weighted by Crippen LogP contribution is 2.49. The molecule has 142 valence electrons. The molecule has 0 saturated carbocycles. The third kappa shape index (κ3) is 3.04. The quantitative estimate of drug-likeness (QED) is 0.602. The summed E-state index contributed by atoms with van der Waals surface area (Å²) in [6, 6.07) is 26.6. The average Bonchev–Trinajstić information content (AvgIpc) is 3.09. The van der Waals surface area contributed by atoms with Crippen molar-refractivity contribution in [3.63, 3.8) is 0 Å². The van der Waals surface area contributed by atoms with Gasteiger partial charge >= 0.3 is 0 Å². The molecule has 28 heavy (non-hydrogen) atoms. The Morgan fingerprint density at radius 1 is 0.750 bits per heavy atom. The molecule has 0 spiro atoms. The predicted octanol–water partition coefficient (Wildman–Crippen LogP) is 5.36. The number of benzene rings is 3. The second kappa shape index (κ2) is 6.95. The number of aryl methyl sites for hydroxylation is 1. The van der Waals surface area contributed by atoms with Crippen molar-refractivity contribution in [1.29, 1.82) is 0 Å². The Morgan fingerprint density at radius 2 is 1.25 bits per heavy atom. The maximum Gasteiger partial charge on any atom is 0.206 e. The van der Waals surface area contributed by atoms with E-state index in [0.29, 0.717) is 15.6 Å². The third-order valence-electron chi connectivity index (χ3n) is 5.27. The van der Waals surface area contributed by atoms with Crippen molar-refractivity contribution < 1.29 is 13.2 Å². The van der Waals surface area contributed by atoms with Crippen molar-refractivity contribution in [1.82, 2.24) is 0 Å². The molecule has 4 heteroatoms. The van der Waals surface area contributed by atoms with Crippen LogP contribution < -0.4 is 0 Å². The van der Waals surface area contributed by atoms with E-state index in [1.165, 1.54) is 0 Å². The van der Waals surface area contributed by atoms with Crippen LogP contribution in [0.3, 0.4) is 0 Å². The molecule has 0 bridgehead atoms. The lowest BCUT2D eigenvalue weighted by atomic mass is 9.84. The Morgan fingerprint density at radius 3 is 1.75 bits per heavy atom. The van der Waals surface area contributed by atoms with Gasteiger partial charge in [0.1, 0.15) is 5.76 Å². The summed E-state index contributed by atoms with van der Waals surface area (Å²) in [6.45, 7) is 3.68. The zero-order valence-electron chi connectivity index (χ0n) is 15.9. The summed E-state index contributed by atoms with van der Waals surface area (Å²) in [5.41, 5.74) is 2.05. The van der Waals surface area contributed by atoms with Gasteiger partial charge in [0.05, 0.1) is 9.80 Å². The van der Waals surface area contributed by atoms with E-state index in [4.69, 9.17) is 4.74 Å². The normalized spacial score (nSPS) is 16.1. The van der Waals surface area contributed by atoms with Crippen molar-refractivity contribution in [2.75, 3.05) is 0 Å². The van der Waals surface area contributed by atoms with E-state index >= 15 is 0 Å². The molecule has 0 aromatic heterocycles. The largest absolute Gasteiger partial charge is 0.481 e. The van der Waals surface area contributed by atoms with Gasteiger partial charge < -0.3 is 4.74 Å². The van der Waals surface area contributed by atoms with Crippen LogP contribution in [0.4, 0.5) is 0 Å². The summed E-state index contributed by atoms with van der Waals surface area (Å²) in [5, 5.41) is 0. The van der Waals surface area contributed by atoms with Gasteiger partial charge in [-0.25, -0.2) is 8.42 Å². The Balaban J connectivity index is 1.83. The molecule has 3 aromatic carbocycles. The first-order valence-corrected chi connectivity index (χ1v) is 10.7. The van der Waals surface area contributed by atoms with E-state index in [2.05, 4.69) is 0 Å². The number of ether oxygens (including phenoxy) is 1. The van der Waals surface area contributed by atoms with Crippen LogP contribution in [0.15, 0.2) is 100 Å². The van der Waals surface area contributed by atoms with Crippen LogP contribution in [0.5, 0.6) is 0 Å². The molecule has 0 saturated heterocycles. The third-order valence-corrected chi connectivity index (χ3v) is 7.24. The molecule has 0 atom stereocenters. The molecule has 3 nitrogen and oxygen atoms in total. The van der Waals surface area contributed by atoms with E-state index in [-0.39, 0.29) is 6.42 Å². The molecule has 0 N–H and O–H groups in total. The Bertz CT molecular complexity index is 1070. The van der Waals surface area contributed by atoms with Crippen LogP contribution in [0, 0.1) is 6.92 Å². The summed E-state index contributed by atoms with van der Waals surface area (Å²) in [4.78, 5) is 0.636. The first kappa shape index (κ1) is 18.5. The lowest BCUT2D eigenvalue weighted by Gasteiger charge is -2.31. The number of rotatable bonds is 4. The second-order valence-corrected chi connectivity index (χ2v) is 9.10. The predicted molar refractivity (Wildman–Crippen MR) is 110 cm³/mol. The highest BCUT2D eigenvalue weighted by atomic mass is 32.2. The number of sulfone groups is 1. The summed E-state index contributed by atoms with van der Waals surface area (Å²) in [7, 11) is -3.64. The van der Waals surface area contributed by atoms with Gasteiger partial charge in [0, 0.05) is 17.5 Å². The fraction of sp³-hybridized carbons (Fsp3) is 0.167. The molecular formula is C24H22O3S. The minimum absolute atomic E-state index is 0.267. The van der Waals surface area contributed by atoms with Crippen molar-refractivity contribution in [2.45, 2.75) is 30.8 Å². The van der Waals surface area contributed by atoms with E-state index in [1.54, 1.807) is 19.1 Å².